The van der Waals surface area contributed by atoms with E-state index in [0.29, 0.717) is 45.1 Å². The lowest BCUT2D eigenvalue weighted by Crippen LogP contribution is -2.50. The zero-order valence-corrected chi connectivity index (χ0v) is 23.1. The molecule has 2 aromatic heterocycles. The Balaban J connectivity index is 1.20. The van der Waals surface area contributed by atoms with Crippen molar-refractivity contribution < 1.29 is 31.6 Å². The van der Waals surface area contributed by atoms with Gasteiger partial charge in [0.2, 0.25) is 5.76 Å². The summed E-state index contributed by atoms with van der Waals surface area (Å²) in [5.74, 6) is -1.45. The summed E-state index contributed by atoms with van der Waals surface area (Å²) in [6.07, 6.45) is -2.60. The molecule has 0 radical (unpaired) electrons. The van der Waals surface area contributed by atoms with Gasteiger partial charge in [-0.3, -0.25) is 4.79 Å². The lowest BCUT2D eigenvalue weighted by Gasteiger charge is -2.35. The minimum absolute atomic E-state index is 0.101. The number of halogens is 4. The van der Waals surface area contributed by atoms with Gasteiger partial charge in [0, 0.05) is 39.3 Å². The maximum absolute atomic E-state index is 13.8. The third kappa shape index (κ3) is 6.58. The predicted octanol–water partition coefficient (Wildman–Crippen LogP) is 5.32. The average Bonchev–Trinajstić information content (AvgIpc) is 3.41. The molecule has 1 aromatic carbocycles. The van der Waals surface area contributed by atoms with Gasteiger partial charge in [0.15, 0.2) is 5.69 Å². The molecule has 3 aromatic rings. The van der Waals surface area contributed by atoms with E-state index in [2.05, 4.69) is 20.6 Å². The van der Waals surface area contributed by atoms with E-state index in [0.717, 1.165) is 6.42 Å². The number of urea groups is 1. The van der Waals surface area contributed by atoms with Gasteiger partial charge in [0.05, 0.1) is 17.6 Å². The molecule has 14 heteroatoms. The van der Waals surface area contributed by atoms with E-state index in [1.54, 1.807) is 21.9 Å². The van der Waals surface area contributed by atoms with Gasteiger partial charge in [-0.15, -0.1) is 0 Å². The summed E-state index contributed by atoms with van der Waals surface area (Å²) >= 11 is 0. The lowest BCUT2D eigenvalue weighted by atomic mass is 9.92. The molecule has 224 valence electrons. The van der Waals surface area contributed by atoms with Crippen molar-refractivity contribution >= 4 is 35.1 Å². The molecule has 0 aliphatic carbocycles. The van der Waals surface area contributed by atoms with E-state index in [-0.39, 0.29) is 29.2 Å². The Labute approximate surface area is 239 Å². The number of nitrogens with one attached hydrogen (secondary N) is 2. The number of carbonyl (C=O) groups is 2. The van der Waals surface area contributed by atoms with Gasteiger partial charge in [0.25, 0.3) is 11.9 Å². The largest absolute Gasteiger partial charge is 0.437 e. The van der Waals surface area contributed by atoms with Crippen LogP contribution in [-0.4, -0.2) is 66.1 Å². The minimum atomic E-state index is -4.88. The Kier molecular flexibility index (Phi) is 8.23. The highest BCUT2D eigenvalue weighted by molar-refractivity contribution is 6.03. The number of nitrogens with zero attached hydrogens (tertiary/aromatic N) is 5. The molecule has 2 atom stereocenters. The smallest absolute Gasteiger partial charge is 0.417 e. The van der Waals surface area contributed by atoms with Crippen LogP contribution < -0.4 is 20.4 Å². The summed E-state index contributed by atoms with van der Waals surface area (Å²) in [4.78, 5) is 38.5. The quantitative estimate of drug-likeness (QED) is 0.388. The van der Waals surface area contributed by atoms with Crippen molar-refractivity contribution in [3.8, 4) is 0 Å². The first-order valence-electron chi connectivity index (χ1n) is 13.6. The number of oxazole rings is 1. The number of carbonyl (C=O) groups excluding carboxylic acids is 2. The summed E-state index contributed by atoms with van der Waals surface area (Å²) in [7, 11) is 0. The Morgan fingerprint density at radius 1 is 0.952 bits per heavy atom. The van der Waals surface area contributed by atoms with E-state index in [9.17, 15) is 27.2 Å². The molecule has 0 saturated carbocycles. The van der Waals surface area contributed by atoms with Crippen LogP contribution in [0.4, 0.5) is 45.6 Å². The number of rotatable bonds is 5. The predicted molar refractivity (Wildman–Crippen MR) is 148 cm³/mol. The van der Waals surface area contributed by atoms with Crippen LogP contribution in [0.25, 0.3) is 0 Å². The van der Waals surface area contributed by atoms with Crippen molar-refractivity contribution in [3.05, 3.63) is 59.9 Å². The van der Waals surface area contributed by atoms with Gasteiger partial charge in [-0.05, 0) is 42.5 Å². The van der Waals surface area contributed by atoms with E-state index in [1.165, 1.54) is 30.5 Å². The highest BCUT2D eigenvalue weighted by atomic mass is 19.4. The Hall–Kier alpha value is -4.36. The fraction of sp³-hybridized carbons (Fsp3) is 0.429. The molecule has 2 aliphatic rings. The number of pyridine rings is 1. The SMILES string of the molecule is CC1CC(C)CN(c2nc(C(F)(F)F)c(C(=O)Nc3ccc(N4CCN(C(=O)Nc5ccccc5F)CC4)nc3)o2)C1. The first-order chi connectivity index (χ1) is 20.0. The molecule has 0 bridgehead atoms. The first-order valence-corrected chi connectivity index (χ1v) is 13.6. The average molecular weight is 590 g/mol. The van der Waals surface area contributed by atoms with Crippen molar-refractivity contribution in [2.75, 3.05) is 59.7 Å². The van der Waals surface area contributed by atoms with Gasteiger partial charge in [-0.25, -0.2) is 14.2 Å². The zero-order chi connectivity index (χ0) is 30.0. The van der Waals surface area contributed by atoms with Crippen LogP contribution >= 0.6 is 0 Å². The maximum atomic E-state index is 13.8. The highest BCUT2D eigenvalue weighted by Crippen LogP contribution is 2.36. The number of piperazine rings is 1. The van der Waals surface area contributed by atoms with Crippen LogP contribution in [0.5, 0.6) is 0 Å². The molecule has 0 spiro atoms. The van der Waals surface area contributed by atoms with Gasteiger partial charge in [-0.2, -0.15) is 18.2 Å². The maximum Gasteiger partial charge on any atom is 0.437 e. The van der Waals surface area contributed by atoms with Crippen molar-refractivity contribution in [2.45, 2.75) is 26.4 Å². The van der Waals surface area contributed by atoms with Crippen molar-refractivity contribution in [1.29, 1.82) is 0 Å². The molecule has 3 amide bonds. The molecule has 10 nitrogen and oxygen atoms in total. The molecule has 5 rings (SSSR count). The highest BCUT2D eigenvalue weighted by Gasteiger charge is 2.42. The fourth-order valence-corrected chi connectivity index (χ4v) is 5.34. The second-order valence-electron chi connectivity index (χ2n) is 10.8. The molecular formula is C28H31F4N7O3. The standard InChI is InChI=1S/C28H31F4N7O3/c1-17-13-18(2)16-39(15-17)27-36-24(28(30,31)32)23(42-27)25(40)34-19-7-8-22(33-14-19)37-9-11-38(12-10-37)26(41)35-21-6-4-3-5-20(21)29/h3-8,14,17-18H,9-13,15-16H2,1-2H3,(H,34,40)(H,35,41). The van der Waals surface area contributed by atoms with Gasteiger partial charge in [-0.1, -0.05) is 26.0 Å². The molecule has 4 heterocycles. The summed E-state index contributed by atoms with van der Waals surface area (Å²) in [5, 5.41) is 4.98. The molecule has 42 heavy (non-hydrogen) atoms. The number of hydrogen-bond donors (Lipinski definition) is 2. The van der Waals surface area contributed by atoms with Crippen LogP contribution in [0.3, 0.4) is 0 Å². The summed E-state index contributed by atoms with van der Waals surface area (Å²) < 4.78 is 60.5. The minimum Gasteiger partial charge on any atom is -0.417 e. The molecule has 2 fully saturated rings. The number of anilines is 4. The molecule has 2 N–H and O–H groups in total. The Morgan fingerprint density at radius 3 is 2.26 bits per heavy atom. The summed E-state index contributed by atoms with van der Waals surface area (Å²) in [5.41, 5.74) is -1.09. The van der Waals surface area contributed by atoms with Crippen LogP contribution in [-0.2, 0) is 6.18 Å². The number of benzene rings is 1. The summed E-state index contributed by atoms with van der Waals surface area (Å²) in [6.45, 7) is 6.61. The van der Waals surface area contributed by atoms with Crippen LogP contribution in [0, 0.1) is 17.7 Å². The summed E-state index contributed by atoms with van der Waals surface area (Å²) in [6, 6.07) is 8.42. The van der Waals surface area contributed by atoms with E-state index < -0.39 is 35.4 Å². The van der Waals surface area contributed by atoms with Crippen molar-refractivity contribution in [2.24, 2.45) is 11.8 Å². The fourth-order valence-electron chi connectivity index (χ4n) is 5.34. The molecule has 2 unspecified atom stereocenters. The normalized spacial score (nSPS) is 19.5. The molecule has 2 aliphatic heterocycles. The first kappa shape index (κ1) is 29.1. The Bertz CT molecular complexity index is 1410. The molecular weight excluding hydrogens is 558 g/mol. The van der Waals surface area contributed by atoms with Crippen molar-refractivity contribution in [3.63, 3.8) is 0 Å². The zero-order valence-electron chi connectivity index (χ0n) is 23.1. The van der Waals surface area contributed by atoms with Crippen molar-refractivity contribution in [1.82, 2.24) is 14.9 Å². The number of amides is 3. The second kappa shape index (κ2) is 11.9. The number of aromatic nitrogens is 2. The van der Waals surface area contributed by atoms with E-state index in [4.69, 9.17) is 4.42 Å². The Morgan fingerprint density at radius 2 is 1.64 bits per heavy atom. The monoisotopic (exact) mass is 589 g/mol. The second-order valence-corrected chi connectivity index (χ2v) is 10.8. The van der Waals surface area contributed by atoms with E-state index in [1.807, 2.05) is 18.7 Å². The topological polar surface area (TPSA) is 107 Å². The van der Waals surface area contributed by atoms with E-state index >= 15 is 0 Å². The van der Waals surface area contributed by atoms with Crippen LogP contribution in [0.1, 0.15) is 36.5 Å². The number of para-hydroxylation sites is 1. The van der Waals surface area contributed by atoms with Crippen LogP contribution in [0.2, 0.25) is 0 Å². The lowest BCUT2D eigenvalue weighted by molar-refractivity contribution is -0.141. The van der Waals surface area contributed by atoms with Gasteiger partial charge >= 0.3 is 12.2 Å². The third-order valence-corrected chi connectivity index (χ3v) is 7.24. The number of alkyl halides is 3. The third-order valence-electron chi connectivity index (χ3n) is 7.24. The molecule has 2 saturated heterocycles. The number of piperidine rings is 1. The van der Waals surface area contributed by atoms with Gasteiger partial charge < -0.3 is 29.8 Å². The number of hydrogen-bond acceptors (Lipinski definition) is 7. The van der Waals surface area contributed by atoms with Gasteiger partial charge in [0.1, 0.15) is 11.6 Å². The van der Waals surface area contributed by atoms with Crippen LogP contribution in [0.15, 0.2) is 47.0 Å².